The quantitative estimate of drug-likeness (QED) is 0.767. The molecule has 0 unspecified atom stereocenters. The molecule has 1 amide bonds. The molecule has 0 aromatic heterocycles. The van der Waals surface area contributed by atoms with Gasteiger partial charge in [0.1, 0.15) is 0 Å². The van der Waals surface area contributed by atoms with Gasteiger partial charge in [0.25, 0.3) is 0 Å². The van der Waals surface area contributed by atoms with Crippen molar-refractivity contribution in [3.63, 3.8) is 0 Å². The van der Waals surface area contributed by atoms with Crippen LogP contribution in [0, 0.1) is 0 Å². The summed E-state index contributed by atoms with van der Waals surface area (Å²) in [4.78, 5) is 23.0. The van der Waals surface area contributed by atoms with Gasteiger partial charge in [-0.3, -0.25) is 4.79 Å². The van der Waals surface area contributed by atoms with Crippen molar-refractivity contribution < 1.29 is 27.9 Å². The zero-order valence-electron chi connectivity index (χ0n) is 12.5. The van der Waals surface area contributed by atoms with E-state index >= 15 is 0 Å². The van der Waals surface area contributed by atoms with Crippen LogP contribution < -0.4 is 5.32 Å². The Morgan fingerprint density at radius 1 is 1.12 bits per heavy atom. The highest BCUT2D eigenvalue weighted by atomic mass is 35.5. The van der Waals surface area contributed by atoms with Crippen LogP contribution in [-0.4, -0.2) is 17.0 Å². The molecule has 0 radical (unpaired) electrons. The molecule has 0 aliphatic heterocycles. The van der Waals surface area contributed by atoms with Crippen molar-refractivity contribution >= 4 is 35.2 Å². The van der Waals surface area contributed by atoms with E-state index in [-0.39, 0.29) is 21.8 Å². The van der Waals surface area contributed by atoms with E-state index in [1.807, 2.05) is 0 Å². The molecule has 4 nitrogen and oxygen atoms in total. The first-order chi connectivity index (χ1) is 11.7. The molecule has 0 saturated carbocycles. The highest BCUT2D eigenvalue weighted by Gasteiger charge is 2.30. The first kappa shape index (κ1) is 18.5. The third kappa shape index (κ3) is 5.09. The minimum atomic E-state index is -4.48. The Kier molecular flexibility index (Phi) is 5.48. The molecular formula is C17H11ClF3NO3. The van der Waals surface area contributed by atoms with Gasteiger partial charge in [0.15, 0.2) is 0 Å². The van der Waals surface area contributed by atoms with Crippen molar-refractivity contribution in [2.24, 2.45) is 0 Å². The zero-order chi connectivity index (χ0) is 18.6. The first-order valence-electron chi connectivity index (χ1n) is 6.86. The number of carbonyl (C=O) groups excluding carboxylic acids is 1. The van der Waals surface area contributed by atoms with E-state index in [2.05, 4.69) is 5.32 Å². The van der Waals surface area contributed by atoms with Crippen molar-refractivity contribution in [1.29, 1.82) is 0 Å². The van der Waals surface area contributed by atoms with E-state index in [1.54, 1.807) is 0 Å². The maximum absolute atomic E-state index is 12.6. The molecule has 0 heterocycles. The number of carboxylic acid groups (broad SMARTS) is 1. The van der Waals surface area contributed by atoms with E-state index < -0.39 is 23.6 Å². The van der Waals surface area contributed by atoms with Gasteiger partial charge in [-0.05, 0) is 42.0 Å². The van der Waals surface area contributed by atoms with Crippen LogP contribution in [0.15, 0.2) is 48.5 Å². The second-order valence-corrected chi connectivity index (χ2v) is 5.38. The minimum absolute atomic E-state index is 0.0151. The number of nitrogens with one attached hydrogen (secondary N) is 1. The number of alkyl halides is 3. The Morgan fingerprint density at radius 2 is 1.84 bits per heavy atom. The SMILES string of the molecule is O=C(/C=C/c1cccc(C(F)(F)F)c1)Nc1cc(Cl)ccc1C(=O)O. The lowest BCUT2D eigenvalue weighted by Crippen LogP contribution is -2.12. The number of amides is 1. The molecule has 0 aliphatic rings. The van der Waals surface area contributed by atoms with Gasteiger partial charge in [-0.1, -0.05) is 23.7 Å². The molecule has 0 fully saturated rings. The van der Waals surface area contributed by atoms with Crippen molar-refractivity contribution in [3.05, 3.63) is 70.3 Å². The molecule has 2 N–H and O–H groups in total. The Morgan fingerprint density at radius 3 is 2.48 bits per heavy atom. The molecule has 2 aromatic carbocycles. The van der Waals surface area contributed by atoms with Crippen LogP contribution in [0.5, 0.6) is 0 Å². The summed E-state index contributed by atoms with van der Waals surface area (Å²) in [6.45, 7) is 0. The van der Waals surface area contributed by atoms with Crippen molar-refractivity contribution in [2.75, 3.05) is 5.32 Å². The summed E-state index contributed by atoms with van der Waals surface area (Å²) in [6.07, 6.45) is -2.29. The number of anilines is 1. The van der Waals surface area contributed by atoms with Gasteiger partial charge < -0.3 is 10.4 Å². The number of aromatic carboxylic acids is 1. The summed E-state index contributed by atoms with van der Waals surface area (Å²) in [5.74, 6) is -1.96. The number of carboxylic acids is 1. The summed E-state index contributed by atoms with van der Waals surface area (Å²) in [6, 6.07) is 8.30. The molecule has 130 valence electrons. The molecule has 0 spiro atoms. The number of hydrogen-bond donors (Lipinski definition) is 2. The normalized spacial score (nSPS) is 11.5. The Hall–Kier alpha value is -2.80. The lowest BCUT2D eigenvalue weighted by atomic mass is 10.1. The van der Waals surface area contributed by atoms with Gasteiger partial charge in [0.2, 0.25) is 5.91 Å². The minimum Gasteiger partial charge on any atom is -0.478 e. The standard InChI is InChI=1S/C17H11ClF3NO3/c18-12-5-6-13(16(24)25)14(9-12)22-15(23)7-4-10-2-1-3-11(8-10)17(19,20)21/h1-9H,(H,22,23)(H,24,25)/b7-4+. The number of halogens is 4. The average Bonchev–Trinajstić information content (AvgIpc) is 2.52. The molecule has 0 atom stereocenters. The Bertz CT molecular complexity index is 847. The number of carbonyl (C=O) groups is 2. The fourth-order valence-corrected chi connectivity index (χ4v) is 2.14. The molecule has 2 aromatic rings. The molecule has 25 heavy (non-hydrogen) atoms. The maximum Gasteiger partial charge on any atom is 0.416 e. The Labute approximate surface area is 145 Å². The van der Waals surface area contributed by atoms with Gasteiger partial charge in [-0.2, -0.15) is 13.2 Å². The number of rotatable bonds is 4. The molecule has 8 heteroatoms. The molecule has 0 bridgehead atoms. The van der Waals surface area contributed by atoms with Gasteiger partial charge in [-0.25, -0.2) is 4.79 Å². The predicted molar refractivity (Wildman–Crippen MR) is 87.5 cm³/mol. The first-order valence-corrected chi connectivity index (χ1v) is 7.24. The van der Waals surface area contributed by atoms with Crippen LogP contribution in [0.1, 0.15) is 21.5 Å². The predicted octanol–water partition coefficient (Wildman–Crippen LogP) is 4.71. The summed E-state index contributed by atoms with van der Waals surface area (Å²) in [7, 11) is 0. The summed E-state index contributed by atoms with van der Waals surface area (Å²) >= 11 is 5.77. The summed E-state index contributed by atoms with van der Waals surface area (Å²) < 4.78 is 37.9. The van der Waals surface area contributed by atoms with Crippen LogP contribution in [0.2, 0.25) is 5.02 Å². The highest BCUT2D eigenvalue weighted by molar-refractivity contribution is 6.31. The smallest absolute Gasteiger partial charge is 0.416 e. The second kappa shape index (κ2) is 7.40. The van der Waals surface area contributed by atoms with E-state index in [9.17, 15) is 22.8 Å². The fraction of sp³-hybridized carbons (Fsp3) is 0.0588. The molecule has 0 aliphatic carbocycles. The van der Waals surface area contributed by atoms with Gasteiger partial charge in [-0.15, -0.1) is 0 Å². The number of hydrogen-bond acceptors (Lipinski definition) is 2. The van der Waals surface area contributed by atoms with Crippen LogP contribution >= 0.6 is 11.6 Å². The Balaban J connectivity index is 2.17. The molecule has 0 saturated heterocycles. The zero-order valence-corrected chi connectivity index (χ0v) is 13.2. The summed E-state index contributed by atoms with van der Waals surface area (Å²) in [5.41, 5.74) is -0.837. The monoisotopic (exact) mass is 369 g/mol. The van der Waals surface area contributed by atoms with E-state index in [1.165, 1.54) is 36.4 Å². The third-order valence-electron chi connectivity index (χ3n) is 3.11. The van der Waals surface area contributed by atoms with Crippen molar-refractivity contribution in [1.82, 2.24) is 0 Å². The largest absolute Gasteiger partial charge is 0.478 e. The van der Waals surface area contributed by atoms with E-state index in [0.29, 0.717) is 0 Å². The van der Waals surface area contributed by atoms with Crippen LogP contribution in [0.3, 0.4) is 0 Å². The lowest BCUT2D eigenvalue weighted by Gasteiger charge is -2.08. The third-order valence-corrected chi connectivity index (χ3v) is 3.35. The lowest BCUT2D eigenvalue weighted by molar-refractivity contribution is -0.137. The van der Waals surface area contributed by atoms with E-state index in [4.69, 9.17) is 16.7 Å². The van der Waals surface area contributed by atoms with Crippen molar-refractivity contribution in [2.45, 2.75) is 6.18 Å². The summed E-state index contributed by atoms with van der Waals surface area (Å²) in [5, 5.41) is 11.6. The van der Waals surface area contributed by atoms with Gasteiger partial charge >= 0.3 is 12.1 Å². The average molecular weight is 370 g/mol. The topological polar surface area (TPSA) is 66.4 Å². The maximum atomic E-state index is 12.6. The van der Waals surface area contributed by atoms with E-state index in [0.717, 1.165) is 18.2 Å². The highest BCUT2D eigenvalue weighted by Crippen LogP contribution is 2.29. The fourth-order valence-electron chi connectivity index (χ4n) is 1.97. The van der Waals surface area contributed by atoms with Crippen molar-refractivity contribution in [3.8, 4) is 0 Å². The number of benzene rings is 2. The second-order valence-electron chi connectivity index (χ2n) is 4.94. The van der Waals surface area contributed by atoms with Crippen LogP contribution in [0.25, 0.3) is 6.08 Å². The van der Waals surface area contributed by atoms with Gasteiger partial charge in [0, 0.05) is 11.1 Å². The van der Waals surface area contributed by atoms with Crippen LogP contribution in [0.4, 0.5) is 18.9 Å². The molecular weight excluding hydrogens is 359 g/mol. The van der Waals surface area contributed by atoms with Crippen LogP contribution in [-0.2, 0) is 11.0 Å². The molecule has 2 rings (SSSR count). The van der Waals surface area contributed by atoms with Gasteiger partial charge in [0.05, 0.1) is 16.8 Å².